The maximum atomic E-state index is 11.3. The molecule has 1 unspecified atom stereocenters. The van der Waals surface area contributed by atoms with Crippen LogP contribution in [-0.2, 0) is 11.2 Å². The summed E-state index contributed by atoms with van der Waals surface area (Å²) in [7, 11) is 0. The van der Waals surface area contributed by atoms with Crippen molar-refractivity contribution in [2.75, 3.05) is 0 Å². The molecular weight excluding hydrogens is 268 g/mol. The van der Waals surface area contributed by atoms with Crippen LogP contribution in [0.5, 0.6) is 11.5 Å². The van der Waals surface area contributed by atoms with Crippen LogP contribution in [0.1, 0.15) is 42.5 Å². The van der Waals surface area contributed by atoms with Crippen molar-refractivity contribution in [3.8, 4) is 11.5 Å². The van der Waals surface area contributed by atoms with Crippen LogP contribution in [0.4, 0.5) is 0 Å². The third kappa shape index (κ3) is 3.04. The van der Waals surface area contributed by atoms with Gasteiger partial charge in [0.15, 0.2) is 0 Å². The number of carbonyl (C=O) groups is 1. The van der Waals surface area contributed by atoms with Crippen molar-refractivity contribution in [3.05, 3.63) is 34.9 Å². The highest BCUT2D eigenvalue weighted by molar-refractivity contribution is 5.78. The minimum Gasteiger partial charge on any atom is -0.507 e. The fourth-order valence-corrected chi connectivity index (χ4v) is 2.40. The fourth-order valence-electron chi connectivity index (χ4n) is 2.40. The zero-order chi connectivity index (χ0) is 16.4. The Labute approximate surface area is 126 Å². The van der Waals surface area contributed by atoms with E-state index in [1.807, 2.05) is 27.7 Å². The minimum absolute atomic E-state index is 0.286. The number of phenols is 1. The number of hydrogen-bond acceptors (Lipinski definition) is 3. The van der Waals surface area contributed by atoms with E-state index in [9.17, 15) is 15.0 Å². The molecule has 0 saturated carbocycles. The van der Waals surface area contributed by atoms with Crippen molar-refractivity contribution in [2.24, 2.45) is 0 Å². The van der Waals surface area contributed by atoms with Crippen molar-refractivity contribution in [3.63, 3.8) is 0 Å². The summed E-state index contributed by atoms with van der Waals surface area (Å²) in [5.41, 5.74) is 2.11. The number of hydrogen-bond donors (Lipinski definition) is 2. The molecule has 0 saturated heterocycles. The molecule has 2 N–H and O–H groups in total. The Bertz CT molecular complexity index is 575. The molecule has 0 aliphatic carbocycles. The van der Waals surface area contributed by atoms with Crippen molar-refractivity contribution >= 4 is 5.97 Å². The number of carboxylic acids is 1. The molecule has 0 radical (unpaired) electrons. The second-order valence-electron chi connectivity index (χ2n) is 5.58. The third-order valence-electron chi connectivity index (χ3n) is 3.97. The van der Waals surface area contributed by atoms with E-state index in [1.54, 1.807) is 13.0 Å². The molecule has 21 heavy (non-hydrogen) atoms. The smallest absolute Gasteiger partial charge is 0.347 e. The van der Waals surface area contributed by atoms with Crippen molar-refractivity contribution in [2.45, 2.75) is 53.1 Å². The maximum absolute atomic E-state index is 11.3. The molecule has 1 aliphatic rings. The van der Waals surface area contributed by atoms with E-state index in [1.165, 1.54) is 0 Å². The van der Waals surface area contributed by atoms with E-state index in [-0.39, 0.29) is 5.75 Å². The molecule has 4 heteroatoms. The first-order valence-electron chi connectivity index (χ1n) is 7.00. The van der Waals surface area contributed by atoms with E-state index in [2.05, 4.69) is 6.58 Å². The first-order valence-corrected chi connectivity index (χ1v) is 7.00. The van der Waals surface area contributed by atoms with Gasteiger partial charge in [0.2, 0.25) is 5.60 Å². The van der Waals surface area contributed by atoms with Gasteiger partial charge in [0.1, 0.15) is 11.5 Å². The fraction of sp³-hybridized carbons (Fsp3) is 0.471. The van der Waals surface area contributed by atoms with Crippen LogP contribution in [-0.4, -0.2) is 21.8 Å². The average molecular weight is 292 g/mol. The molecule has 1 aromatic carbocycles. The Balaban J connectivity index is 0.000000677. The van der Waals surface area contributed by atoms with Crippen LogP contribution in [0.25, 0.3) is 0 Å². The SMILES string of the molecule is C=CC.Cc1c(C)c2c(c(C)c1O)CCC(C)(C(=O)O)O2. The van der Waals surface area contributed by atoms with Crippen LogP contribution in [0.3, 0.4) is 0 Å². The molecule has 0 spiro atoms. The van der Waals surface area contributed by atoms with Crippen LogP contribution in [0, 0.1) is 20.8 Å². The summed E-state index contributed by atoms with van der Waals surface area (Å²) in [6.07, 6.45) is 2.77. The van der Waals surface area contributed by atoms with Gasteiger partial charge >= 0.3 is 5.97 Å². The Hall–Kier alpha value is -1.97. The molecule has 1 atom stereocenters. The Morgan fingerprint density at radius 1 is 1.29 bits per heavy atom. The van der Waals surface area contributed by atoms with Crippen LogP contribution in [0.2, 0.25) is 0 Å². The van der Waals surface area contributed by atoms with E-state index >= 15 is 0 Å². The van der Waals surface area contributed by atoms with Crippen LogP contribution < -0.4 is 4.74 Å². The second-order valence-corrected chi connectivity index (χ2v) is 5.58. The van der Waals surface area contributed by atoms with Gasteiger partial charge in [0.05, 0.1) is 0 Å². The first-order chi connectivity index (χ1) is 9.69. The third-order valence-corrected chi connectivity index (χ3v) is 3.97. The van der Waals surface area contributed by atoms with Crippen LogP contribution >= 0.6 is 0 Å². The predicted octanol–water partition coefficient (Wildman–Crippen LogP) is 3.68. The van der Waals surface area contributed by atoms with Gasteiger partial charge in [-0.25, -0.2) is 4.79 Å². The minimum atomic E-state index is -1.17. The van der Waals surface area contributed by atoms with E-state index in [0.29, 0.717) is 18.6 Å². The number of fused-ring (bicyclic) bond motifs is 1. The van der Waals surface area contributed by atoms with Gasteiger partial charge in [-0.1, -0.05) is 6.08 Å². The molecule has 4 nitrogen and oxygen atoms in total. The molecule has 0 aromatic heterocycles. The Kier molecular flexibility index (Phi) is 5.05. The summed E-state index contributed by atoms with van der Waals surface area (Å²) in [6, 6.07) is 0. The van der Waals surface area contributed by atoms with Gasteiger partial charge < -0.3 is 14.9 Å². The Morgan fingerprint density at radius 3 is 2.29 bits per heavy atom. The lowest BCUT2D eigenvalue weighted by molar-refractivity contribution is -0.155. The molecule has 0 bridgehead atoms. The summed E-state index contributed by atoms with van der Waals surface area (Å²) < 4.78 is 5.72. The second kappa shape index (κ2) is 6.20. The zero-order valence-electron chi connectivity index (χ0n) is 13.4. The molecular formula is C17H24O4. The monoisotopic (exact) mass is 292 g/mol. The van der Waals surface area contributed by atoms with Gasteiger partial charge in [-0.2, -0.15) is 0 Å². The molecule has 1 aromatic rings. The quantitative estimate of drug-likeness (QED) is 0.775. The normalized spacial score (nSPS) is 19.7. The number of benzene rings is 1. The van der Waals surface area contributed by atoms with Gasteiger partial charge in [-0.3, -0.25) is 0 Å². The summed E-state index contributed by atoms with van der Waals surface area (Å²) in [4.78, 5) is 11.3. The number of ether oxygens (including phenoxy) is 1. The predicted molar refractivity (Wildman–Crippen MR) is 83.2 cm³/mol. The van der Waals surface area contributed by atoms with Gasteiger partial charge in [-0.05, 0) is 57.7 Å². The number of rotatable bonds is 1. The summed E-state index contributed by atoms with van der Waals surface area (Å²) in [5, 5.41) is 19.2. The van der Waals surface area contributed by atoms with E-state index in [4.69, 9.17) is 4.74 Å². The molecule has 2 rings (SSSR count). The van der Waals surface area contributed by atoms with E-state index in [0.717, 1.165) is 22.3 Å². The largest absolute Gasteiger partial charge is 0.507 e. The highest BCUT2D eigenvalue weighted by Gasteiger charge is 2.40. The van der Waals surface area contributed by atoms with E-state index < -0.39 is 11.6 Å². The Morgan fingerprint density at radius 2 is 1.81 bits per heavy atom. The average Bonchev–Trinajstić information content (AvgIpc) is 2.43. The summed E-state index contributed by atoms with van der Waals surface area (Å²) >= 11 is 0. The number of aliphatic carboxylic acids is 1. The van der Waals surface area contributed by atoms with Crippen molar-refractivity contribution in [1.82, 2.24) is 0 Å². The maximum Gasteiger partial charge on any atom is 0.347 e. The van der Waals surface area contributed by atoms with Gasteiger partial charge in [0.25, 0.3) is 0 Å². The van der Waals surface area contributed by atoms with Gasteiger partial charge in [0, 0.05) is 12.0 Å². The number of phenolic OH excluding ortho intramolecular Hbond substituents is 1. The molecule has 1 heterocycles. The standard InChI is InChI=1S/C14H18O4.C3H6/c1-7-8(2)12-10(9(3)11(7)15)5-6-14(4,18-12)13(16)17;1-3-2/h15H,5-6H2,1-4H3,(H,16,17);3H,1H2,2H3. The topological polar surface area (TPSA) is 66.8 Å². The summed E-state index contributed by atoms with van der Waals surface area (Å²) in [5.74, 6) is -0.0383. The lowest BCUT2D eigenvalue weighted by atomic mass is 9.87. The van der Waals surface area contributed by atoms with Gasteiger partial charge in [-0.15, -0.1) is 6.58 Å². The highest BCUT2D eigenvalue weighted by atomic mass is 16.5. The number of carboxylic acid groups (broad SMARTS) is 1. The van der Waals surface area contributed by atoms with Crippen LogP contribution in [0.15, 0.2) is 12.7 Å². The summed E-state index contributed by atoms with van der Waals surface area (Å²) in [6.45, 7) is 12.3. The molecule has 0 fully saturated rings. The number of allylic oxidation sites excluding steroid dienone is 1. The highest BCUT2D eigenvalue weighted by Crippen LogP contribution is 2.43. The molecule has 116 valence electrons. The number of aromatic hydroxyl groups is 1. The van der Waals surface area contributed by atoms with Crippen molar-refractivity contribution in [1.29, 1.82) is 0 Å². The lowest BCUT2D eigenvalue weighted by Crippen LogP contribution is -2.44. The molecule has 1 aliphatic heterocycles. The zero-order valence-corrected chi connectivity index (χ0v) is 13.4. The first kappa shape index (κ1) is 17.1. The lowest BCUT2D eigenvalue weighted by Gasteiger charge is -2.34. The van der Waals surface area contributed by atoms with Crippen molar-refractivity contribution < 1.29 is 19.7 Å². The molecule has 0 amide bonds.